The van der Waals surface area contributed by atoms with E-state index < -0.39 is 0 Å². The van der Waals surface area contributed by atoms with Crippen molar-refractivity contribution in [3.05, 3.63) is 35.9 Å². The Hall–Kier alpha value is -0.860. The van der Waals surface area contributed by atoms with Crippen molar-refractivity contribution in [1.82, 2.24) is 10.2 Å². The Kier molecular flexibility index (Phi) is 2.89. The van der Waals surface area contributed by atoms with Gasteiger partial charge < -0.3 is 5.32 Å². The van der Waals surface area contributed by atoms with Gasteiger partial charge in [0.15, 0.2) is 0 Å². The Morgan fingerprint density at radius 1 is 1.16 bits per heavy atom. The molecule has 1 aliphatic heterocycles. The first-order valence-electron chi connectivity index (χ1n) is 7.87. The summed E-state index contributed by atoms with van der Waals surface area (Å²) >= 11 is 0. The van der Waals surface area contributed by atoms with E-state index in [1.807, 2.05) is 0 Å². The maximum atomic E-state index is 3.57. The summed E-state index contributed by atoms with van der Waals surface area (Å²) in [6.45, 7) is 4.84. The Bertz CT molecular complexity index is 434. The Balaban J connectivity index is 1.52. The predicted octanol–water partition coefficient (Wildman–Crippen LogP) is 2.82. The fourth-order valence-corrected chi connectivity index (χ4v) is 3.90. The number of piperazine rings is 1. The molecule has 2 aliphatic carbocycles. The van der Waals surface area contributed by atoms with E-state index in [1.165, 1.54) is 44.3 Å². The molecule has 102 valence electrons. The first kappa shape index (κ1) is 11.9. The third-order valence-electron chi connectivity index (χ3n) is 5.39. The van der Waals surface area contributed by atoms with Crippen LogP contribution in [0.4, 0.5) is 0 Å². The van der Waals surface area contributed by atoms with Crippen LogP contribution >= 0.6 is 0 Å². The molecule has 2 heteroatoms. The molecule has 1 N–H and O–H groups in total. The summed E-state index contributed by atoms with van der Waals surface area (Å²) in [5.41, 5.74) is 2.21. The van der Waals surface area contributed by atoms with Gasteiger partial charge in [0.2, 0.25) is 0 Å². The van der Waals surface area contributed by atoms with Gasteiger partial charge in [0.1, 0.15) is 0 Å². The van der Waals surface area contributed by atoms with Crippen LogP contribution in [0.3, 0.4) is 0 Å². The number of hydrogen-bond donors (Lipinski definition) is 1. The van der Waals surface area contributed by atoms with E-state index >= 15 is 0 Å². The van der Waals surface area contributed by atoms with Gasteiger partial charge in [0.05, 0.1) is 0 Å². The molecule has 3 aliphatic rings. The molecule has 0 radical (unpaired) electrons. The van der Waals surface area contributed by atoms with Crippen LogP contribution in [-0.4, -0.2) is 31.1 Å². The summed E-state index contributed by atoms with van der Waals surface area (Å²) in [5.74, 6) is 1.07. The number of nitrogens with one attached hydrogen (secondary N) is 1. The summed E-state index contributed by atoms with van der Waals surface area (Å²) in [6, 6.07) is 11.6. The Morgan fingerprint density at radius 2 is 1.95 bits per heavy atom. The lowest BCUT2D eigenvalue weighted by Crippen LogP contribution is -2.48. The average Bonchev–Trinajstić information content (AvgIpc) is 3.34. The molecule has 1 unspecified atom stereocenters. The minimum Gasteiger partial charge on any atom is -0.314 e. The van der Waals surface area contributed by atoms with E-state index in [0.717, 1.165) is 24.4 Å². The van der Waals surface area contributed by atoms with Crippen LogP contribution in [0.15, 0.2) is 30.3 Å². The highest BCUT2D eigenvalue weighted by Crippen LogP contribution is 2.61. The third kappa shape index (κ3) is 2.32. The minimum absolute atomic E-state index is 0.589. The molecule has 4 rings (SSSR count). The zero-order chi connectivity index (χ0) is 12.7. The summed E-state index contributed by atoms with van der Waals surface area (Å²) in [6.07, 6.45) is 5.98. The highest BCUT2D eigenvalue weighted by Gasteiger charge is 2.54. The van der Waals surface area contributed by atoms with Crippen LogP contribution in [0.25, 0.3) is 0 Å². The average molecular weight is 256 g/mol. The molecule has 19 heavy (non-hydrogen) atoms. The van der Waals surface area contributed by atoms with Crippen LogP contribution in [0.2, 0.25) is 0 Å². The molecule has 0 spiro atoms. The number of nitrogens with zero attached hydrogens (tertiary/aromatic N) is 1. The van der Waals surface area contributed by atoms with Gasteiger partial charge in [-0.3, -0.25) is 4.90 Å². The van der Waals surface area contributed by atoms with E-state index in [0.29, 0.717) is 6.04 Å². The van der Waals surface area contributed by atoms with Crippen molar-refractivity contribution in [3.8, 4) is 0 Å². The summed E-state index contributed by atoms with van der Waals surface area (Å²) in [4.78, 5) is 2.76. The van der Waals surface area contributed by atoms with Gasteiger partial charge in [0.25, 0.3) is 0 Å². The Labute approximate surface area is 116 Å². The standard InChI is InChI=1S/C17H24N2/c1-2-4-14(5-3-1)16-12-18-10-11-19(16)13-17(8-9-17)15-6-7-15/h1-5,15-16,18H,6-13H2. The van der Waals surface area contributed by atoms with Gasteiger partial charge in [0, 0.05) is 32.2 Å². The van der Waals surface area contributed by atoms with Gasteiger partial charge in [-0.1, -0.05) is 30.3 Å². The van der Waals surface area contributed by atoms with E-state index in [1.54, 1.807) is 0 Å². The van der Waals surface area contributed by atoms with Gasteiger partial charge in [-0.15, -0.1) is 0 Å². The zero-order valence-corrected chi connectivity index (χ0v) is 11.6. The molecule has 2 saturated carbocycles. The van der Waals surface area contributed by atoms with Gasteiger partial charge >= 0.3 is 0 Å². The molecular formula is C17H24N2. The van der Waals surface area contributed by atoms with Crippen LogP contribution in [0, 0.1) is 11.3 Å². The van der Waals surface area contributed by atoms with Crippen LogP contribution in [0.5, 0.6) is 0 Å². The molecule has 3 fully saturated rings. The lowest BCUT2D eigenvalue weighted by Gasteiger charge is -2.39. The molecule has 1 aromatic carbocycles. The highest BCUT2D eigenvalue weighted by molar-refractivity contribution is 5.20. The van der Waals surface area contributed by atoms with Crippen molar-refractivity contribution in [2.75, 3.05) is 26.2 Å². The lowest BCUT2D eigenvalue weighted by molar-refractivity contribution is 0.122. The lowest BCUT2D eigenvalue weighted by atomic mass is 9.96. The second-order valence-electron chi connectivity index (χ2n) is 6.74. The first-order chi connectivity index (χ1) is 9.37. The minimum atomic E-state index is 0.589. The molecule has 0 amide bonds. The molecule has 1 atom stereocenters. The van der Waals surface area contributed by atoms with E-state index in [2.05, 4.69) is 40.5 Å². The highest BCUT2D eigenvalue weighted by atomic mass is 15.2. The smallest absolute Gasteiger partial charge is 0.0473 e. The molecule has 1 aromatic rings. The normalized spacial score (nSPS) is 30.2. The summed E-state index contributed by atoms with van der Waals surface area (Å²) in [5, 5.41) is 3.57. The van der Waals surface area contributed by atoms with Crippen molar-refractivity contribution in [1.29, 1.82) is 0 Å². The second kappa shape index (κ2) is 4.60. The van der Waals surface area contributed by atoms with Crippen molar-refractivity contribution in [3.63, 3.8) is 0 Å². The molecule has 0 bridgehead atoms. The maximum Gasteiger partial charge on any atom is 0.0473 e. The van der Waals surface area contributed by atoms with Crippen molar-refractivity contribution < 1.29 is 0 Å². The fourth-order valence-electron chi connectivity index (χ4n) is 3.90. The Morgan fingerprint density at radius 3 is 2.63 bits per heavy atom. The van der Waals surface area contributed by atoms with Gasteiger partial charge in [-0.25, -0.2) is 0 Å². The maximum absolute atomic E-state index is 3.57. The van der Waals surface area contributed by atoms with Crippen LogP contribution in [-0.2, 0) is 0 Å². The predicted molar refractivity (Wildman–Crippen MR) is 78.0 cm³/mol. The van der Waals surface area contributed by atoms with Crippen molar-refractivity contribution in [2.45, 2.75) is 31.7 Å². The van der Waals surface area contributed by atoms with Crippen molar-refractivity contribution >= 4 is 0 Å². The number of hydrogen-bond acceptors (Lipinski definition) is 2. The van der Waals surface area contributed by atoms with E-state index in [4.69, 9.17) is 0 Å². The van der Waals surface area contributed by atoms with E-state index in [9.17, 15) is 0 Å². The third-order valence-corrected chi connectivity index (χ3v) is 5.39. The summed E-state index contributed by atoms with van der Waals surface area (Å²) < 4.78 is 0. The quantitative estimate of drug-likeness (QED) is 0.891. The topological polar surface area (TPSA) is 15.3 Å². The van der Waals surface area contributed by atoms with Crippen LogP contribution < -0.4 is 5.32 Å². The van der Waals surface area contributed by atoms with Gasteiger partial charge in [-0.2, -0.15) is 0 Å². The molecular weight excluding hydrogens is 232 g/mol. The van der Waals surface area contributed by atoms with Gasteiger partial charge in [-0.05, 0) is 42.6 Å². The monoisotopic (exact) mass is 256 g/mol. The zero-order valence-electron chi connectivity index (χ0n) is 11.6. The molecule has 1 heterocycles. The second-order valence-corrected chi connectivity index (χ2v) is 6.74. The molecule has 0 aromatic heterocycles. The molecule has 2 nitrogen and oxygen atoms in total. The number of rotatable bonds is 4. The first-order valence-corrected chi connectivity index (χ1v) is 7.87. The molecule has 1 saturated heterocycles. The van der Waals surface area contributed by atoms with Crippen LogP contribution in [0.1, 0.15) is 37.3 Å². The number of benzene rings is 1. The van der Waals surface area contributed by atoms with Crippen molar-refractivity contribution in [2.24, 2.45) is 11.3 Å². The van der Waals surface area contributed by atoms with E-state index in [-0.39, 0.29) is 0 Å². The fraction of sp³-hybridized carbons (Fsp3) is 0.647. The largest absolute Gasteiger partial charge is 0.314 e. The SMILES string of the molecule is c1ccc(C2CNCCN2CC2(C3CC3)CC2)cc1. The summed E-state index contributed by atoms with van der Waals surface area (Å²) in [7, 11) is 0.